The fourth-order valence-corrected chi connectivity index (χ4v) is 4.07. The molecule has 3 N–H and O–H groups in total. The van der Waals surface area contributed by atoms with Gasteiger partial charge in [-0.2, -0.15) is 0 Å². The quantitative estimate of drug-likeness (QED) is 0.483. The lowest BCUT2D eigenvalue weighted by molar-refractivity contribution is -0.117. The summed E-state index contributed by atoms with van der Waals surface area (Å²) in [6, 6.07) is 24.3. The highest BCUT2D eigenvalue weighted by molar-refractivity contribution is 6.04. The molecule has 1 aliphatic heterocycles. The number of hydrogen-bond donors (Lipinski definition) is 3. The maximum Gasteiger partial charge on any atom is 0.253 e. The molecule has 1 saturated heterocycles. The molecule has 0 radical (unpaired) electrons. The van der Waals surface area contributed by atoms with Gasteiger partial charge in [0.15, 0.2) is 0 Å². The van der Waals surface area contributed by atoms with E-state index in [1.165, 1.54) is 0 Å². The van der Waals surface area contributed by atoms with E-state index in [2.05, 4.69) is 20.4 Å². The standard InChI is InChI=1S/C27H30N4O3/c32-23-12-10-22(11-13-23)31-18-16-30(17-19-31)20-26(33)29-25-9-5-4-8-24(25)27(34)28-15-14-21-6-2-1-3-7-21/h1-13,32H,14-20H2,(H,28,34)(H,29,33). The molecule has 0 aliphatic carbocycles. The van der Waals surface area contributed by atoms with Crippen LogP contribution in [0.5, 0.6) is 5.75 Å². The van der Waals surface area contributed by atoms with Crippen LogP contribution >= 0.6 is 0 Å². The first-order chi connectivity index (χ1) is 16.6. The Hall–Kier alpha value is -3.84. The van der Waals surface area contributed by atoms with Crippen LogP contribution in [0.1, 0.15) is 15.9 Å². The number of anilines is 2. The second-order valence-corrected chi connectivity index (χ2v) is 8.36. The number of nitrogens with one attached hydrogen (secondary N) is 2. The van der Waals surface area contributed by atoms with Gasteiger partial charge in [0.1, 0.15) is 5.75 Å². The van der Waals surface area contributed by atoms with Crippen molar-refractivity contribution in [1.82, 2.24) is 10.2 Å². The Morgan fingerprint density at radius 2 is 1.50 bits per heavy atom. The summed E-state index contributed by atoms with van der Waals surface area (Å²) in [6.07, 6.45) is 0.747. The molecular formula is C27H30N4O3. The minimum absolute atomic E-state index is 0.136. The number of piperazine rings is 1. The zero-order valence-corrected chi connectivity index (χ0v) is 19.1. The number of phenolic OH excluding ortho intramolecular Hbond substituents is 1. The second kappa shape index (κ2) is 11.3. The van der Waals surface area contributed by atoms with Gasteiger partial charge in [0.05, 0.1) is 17.8 Å². The summed E-state index contributed by atoms with van der Waals surface area (Å²) in [4.78, 5) is 29.8. The molecule has 176 valence electrons. The fraction of sp³-hybridized carbons (Fsp3) is 0.259. The summed E-state index contributed by atoms with van der Waals surface area (Å²) < 4.78 is 0. The van der Waals surface area contributed by atoms with Crippen molar-refractivity contribution in [2.75, 3.05) is 49.5 Å². The number of hydrogen-bond acceptors (Lipinski definition) is 5. The highest BCUT2D eigenvalue weighted by atomic mass is 16.3. The Morgan fingerprint density at radius 1 is 0.824 bits per heavy atom. The molecule has 4 rings (SSSR count). The third-order valence-corrected chi connectivity index (χ3v) is 5.94. The predicted octanol–water partition coefficient (Wildman–Crippen LogP) is 3.13. The zero-order valence-electron chi connectivity index (χ0n) is 19.1. The molecule has 1 heterocycles. The van der Waals surface area contributed by atoms with Gasteiger partial charge in [-0.25, -0.2) is 0 Å². The van der Waals surface area contributed by atoms with Crippen LogP contribution in [0, 0.1) is 0 Å². The van der Waals surface area contributed by atoms with Crippen LogP contribution in [-0.4, -0.2) is 61.1 Å². The lowest BCUT2D eigenvalue weighted by atomic mass is 10.1. The summed E-state index contributed by atoms with van der Waals surface area (Å²) in [6.45, 7) is 3.92. The average Bonchev–Trinajstić information content (AvgIpc) is 2.86. The first-order valence-corrected chi connectivity index (χ1v) is 11.6. The van der Waals surface area contributed by atoms with Gasteiger partial charge in [0.25, 0.3) is 5.91 Å². The van der Waals surface area contributed by atoms with Gasteiger partial charge in [0.2, 0.25) is 5.91 Å². The van der Waals surface area contributed by atoms with Gasteiger partial charge in [-0.1, -0.05) is 42.5 Å². The van der Waals surface area contributed by atoms with Crippen molar-refractivity contribution in [2.24, 2.45) is 0 Å². The lowest BCUT2D eigenvalue weighted by Crippen LogP contribution is -2.48. The molecule has 0 unspecified atom stereocenters. The molecule has 7 nitrogen and oxygen atoms in total. The molecule has 0 aromatic heterocycles. The molecule has 7 heteroatoms. The molecule has 0 bridgehead atoms. The largest absolute Gasteiger partial charge is 0.508 e. The highest BCUT2D eigenvalue weighted by Crippen LogP contribution is 2.20. The van der Waals surface area contributed by atoms with E-state index in [9.17, 15) is 14.7 Å². The summed E-state index contributed by atoms with van der Waals surface area (Å²) >= 11 is 0. The number of para-hydroxylation sites is 1. The minimum Gasteiger partial charge on any atom is -0.508 e. The first kappa shape index (κ1) is 23.3. The van der Waals surface area contributed by atoms with E-state index in [-0.39, 0.29) is 24.1 Å². The predicted molar refractivity (Wildman–Crippen MR) is 134 cm³/mol. The average molecular weight is 459 g/mol. The normalized spacial score (nSPS) is 13.9. The van der Waals surface area contributed by atoms with Gasteiger partial charge in [-0.15, -0.1) is 0 Å². The van der Waals surface area contributed by atoms with Gasteiger partial charge in [-0.3, -0.25) is 14.5 Å². The number of benzene rings is 3. The molecule has 0 atom stereocenters. The molecular weight excluding hydrogens is 428 g/mol. The maximum absolute atomic E-state index is 12.7. The molecule has 0 spiro atoms. The van der Waals surface area contributed by atoms with Crippen molar-refractivity contribution in [3.8, 4) is 5.75 Å². The molecule has 34 heavy (non-hydrogen) atoms. The van der Waals surface area contributed by atoms with Gasteiger partial charge >= 0.3 is 0 Å². The second-order valence-electron chi connectivity index (χ2n) is 8.36. The van der Waals surface area contributed by atoms with Gasteiger partial charge in [-0.05, 0) is 48.4 Å². The number of nitrogens with zero attached hydrogens (tertiary/aromatic N) is 2. The first-order valence-electron chi connectivity index (χ1n) is 11.6. The van der Waals surface area contributed by atoms with Crippen molar-refractivity contribution in [2.45, 2.75) is 6.42 Å². The van der Waals surface area contributed by atoms with Crippen LogP contribution < -0.4 is 15.5 Å². The van der Waals surface area contributed by atoms with E-state index in [0.717, 1.165) is 43.9 Å². The molecule has 3 aromatic carbocycles. The fourth-order valence-electron chi connectivity index (χ4n) is 4.07. The maximum atomic E-state index is 12.7. The molecule has 3 aromatic rings. The van der Waals surface area contributed by atoms with Crippen molar-refractivity contribution in [3.05, 3.63) is 90.0 Å². The summed E-state index contributed by atoms with van der Waals surface area (Å²) in [5.74, 6) is -0.0822. The summed E-state index contributed by atoms with van der Waals surface area (Å²) in [5, 5.41) is 15.3. The van der Waals surface area contributed by atoms with Crippen molar-refractivity contribution < 1.29 is 14.7 Å². The van der Waals surface area contributed by atoms with E-state index >= 15 is 0 Å². The zero-order chi connectivity index (χ0) is 23.8. The number of rotatable bonds is 8. The van der Waals surface area contributed by atoms with Crippen LogP contribution in [0.2, 0.25) is 0 Å². The van der Waals surface area contributed by atoms with Crippen LogP contribution in [0.3, 0.4) is 0 Å². The Labute approximate surface area is 200 Å². The van der Waals surface area contributed by atoms with E-state index in [1.807, 2.05) is 48.5 Å². The number of aromatic hydroxyl groups is 1. The van der Waals surface area contributed by atoms with Crippen LogP contribution in [0.25, 0.3) is 0 Å². The van der Waals surface area contributed by atoms with Gasteiger partial charge < -0.3 is 20.6 Å². The van der Waals surface area contributed by atoms with Crippen molar-refractivity contribution in [1.29, 1.82) is 0 Å². The van der Waals surface area contributed by atoms with E-state index in [0.29, 0.717) is 17.8 Å². The van der Waals surface area contributed by atoms with E-state index in [4.69, 9.17) is 0 Å². The molecule has 0 saturated carbocycles. The van der Waals surface area contributed by atoms with E-state index in [1.54, 1.807) is 30.3 Å². The Morgan fingerprint density at radius 3 is 2.24 bits per heavy atom. The van der Waals surface area contributed by atoms with Crippen LogP contribution in [0.15, 0.2) is 78.9 Å². The van der Waals surface area contributed by atoms with Crippen LogP contribution in [0.4, 0.5) is 11.4 Å². The summed E-state index contributed by atoms with van der Waals surface area (Å²) in [7, 11) is 0. The van der Waals surface area contributed by atoms with Crippen molar-refractivity contribution >= 4 is 23.2 Å². The molecule has 1 fully saturated rings. The highest BCUT2D eigenvalue weighted by Gasteiger charge is 2.20. The molecule has 2 amide bonds. The summed E-state index contributed by atoms with van der Waals surface area (Å²) in [5.41, 5.74) is 3.21. The number of phenols is 1. The van der Waals surface area contributed by atoms with Crippen molar-refractivity contribution in [3.63, 3.8) is 0 Å². The van der Waals surface area contributed by atoms with E-state index < -0.39 is 0 Å². The Bertz CT molecular complexity index is 1090. The third-order valence-electron chi connectivity index (χ3n) is 5.94. The topological polar surface area (TPSA) is 84.9 Å². The lowest BCUT2D eigenvalue weighted by Gasteiger charge is -2.35. The third kappa shape index (κ3) is 6.36. The Balaban J connectivity index is 1.26. The molecule has 1 aliphatic rings. The monoisotopic (exact) mass is 458 g/mol. The number of carbonyl (C=O) groups excluding carboxylic acids is 2. The van der Waals surface area contributed by atoms with Crippen LogP contribution in [-0.2, 0) is 11.2 Å². The number of carbonyl (C=O) groups is 2. The van der Waals surface area contributed by atoms with Gasteiger partial charge in [0, 0.05) is 38.4 Å². The number of amides is 2. The Kier molecular flexibility index (Phi) is 7.78. The minimum atomic E-state index is -0.200. The SMILES string of the molecule is O=C(CN1CCN(c2ccc(O)cc2)CC1)Nc1ccccc1C(=O)NCCc1ccccc1. The smallest absolute Gasteiger partial charge is 0.253 e.